The van der Waals surface area contributed by atoms with Crippen molar-refractivity contribution in [3.8, 4) is 0 Å². The van der Waals surface area contributed by atoms with Crippen LogP contribution in [0.3, 0.4) is 0 Å². The first-order valence-corrected chi connectivity index (χ1v) is 20.9. The van der Waals surface area contributed by atoms with Gasteiger partial charge >= 0.3 is 23.9 Å². The second kappa shape index (κ2) is 32.7. The van der Waals surface area contributed by atoms with E-state index >= 15 is 0 Å². The highest BCUT2D eigenvalue weighted by Crippen LogP contribution is 2.28. The summed E-state index contributed by atoms with van der Waals surface area (Å²) in [6.07, 6.45) is 3.86. The van der Waals surface area contributed by atoms with Gasteiger partial charge in [0.1, 0.15) is 18.1 Å². The molecule has 0 unspecified atom stereocenters. The number of aliphatic carboxylic acids is 3. The Morgan fingerprint density at radius 3 is 1.61 bits per heavy atom. The molecule has 22 nitrogen and oxygen atoms in total. The van der Waals surface area contributed by atoms with Crippen molar-refractivity contribution < 1.29 is 72.7 Å². The van der Waals surface area contributed by atoms with E-state index in [1.165, 1.54) is 13.8 Å². The lowest BCUT2D eigenvalue weighted by molar-refractivity contribution is -0.141. The highest BCUT2D eigenvalue weighted by molar-refractivity contribution is 5.88. The summed E-state index contributed by atoms with van der Waals surface area (Å²) in [6.45, 7) is 6.45. The van der Waals surface area contributed by atoms with Crippen molar-refractivity contribution >= 4 is 53.5 Å². The highest BCUT2D eigenvalue weighted by Gasteiger charge is 2.30. The number of nitrogens with one attached hydrogen (secondary N) is 7. The molecule has 0 aromatic rings. The lowest BCUT2D eigenvalue weighted by Gasteiger charge is -2.29. The van der Waals surface area contributed by atoms with Crippen LogP contribution < -0.4 is 37.2 Å². The van der Waals surface area contributed by atoms with Crippen molar-refractivity contribution in [2.45, 2.75) is 115 Å². The standard InChI is InChI=1S/C39H67N7O15/c1-26(47)40-16-5-3-7-30(36(53)42-17-6-4-8-31(37(54)55)45-39(58)46-32(38(56)57)13-14-34(50)51)44-35(52)29-11-9-28(10-12-29)25-43-33(49)15-19-59-21-23-61-24-22-60-20-18-41-27(2)48/h28-32H,3-25H2,1-2H3,(H,40,47)(H,41,48)(H,42,53)(H,43,49)(H,44,52)(H,50,51)(H,54,55)(H,56,57)(H2,45,46,58)/t28?,29?,30-,31-,32-/m0/s1. The molecular weight excluding hydrogens is 806 g/mol. The van der Waals surface area contributed by atoms with E-state index in [2.05, 4.69) is 37.2 Å². The molecular formula is C39H67N7O15. The van der Waals surface area contributed by atoms with Crippen LogP contribution in [0.2, 0.25) is 0 Å². The van der Waals surface area contributed by atoms with Gasteiger partial charge in [0.15, 0.2) is 0 Å². The highest BCUT2D eigenvalue weighted by atomic mass is 16.5. The number of hydrogen-bond donors (Lipinski definition) is 10. The normalized spacial score (nSPS) is 16.2. The molecule has 22 heteroatoms. The van der Waals surface area contributed by atoms with Crippen molar-refractivity contribution in [2.75, 3.05) is 65.8 Å². The lowest BCUT2D eigenvalue weighted by Crippen LogP contribution is -2.51. The summed E-state index contributed by atoms with van der Waals surface area (Å²) in [5, 5.41) is 45.7. The van der Waals surface area contributed by atoms with E-state index < -0.39 is 60.8 Å². The molecule has 0 radical (unpaired) electrons. The Kier molecular flexibility index (Phi) is 28.9. The fourth-order valence-corrected chi connectivity index (χ4v) is 6.23. The molecule has 3 atom stereocenters. The molecule has 1 rings (SSSR count). The van der Waals surface area contributed by atoms with Crippen molar-refractivity contribution in [1.82, 2.24) is 37.2 Å². The molecule has 1 saturated carbocycles. The number of unbranched alkanes of at least 4 members (excludes halogenated alkanes) is 2. The van der Waals surface area contributed by atoms with Gasteiger partial charge in [-0.15, -0.1) is 0 Å². The maximum absolute atomic E-state index is 13.3. The van der Waals surface area contributed by atoms with Gasteiger partial charge in [0, 0.05) is 58.8 Å². The fourth-order valence-electron chi connectivity index (χ4n) is 6.23. The Balaban J connectivity index is 2.46. The van der Waals surface area contributed by atoms with E-state index in [-0.39, 0.29) is 67.9 Å². The SMILES string of the molecule is CC(=O)NCCCC[C@H](NC(=O)C1CCC(CNC(=O)CCOCCOCCOCCNC(C)=O)CC1)C(=O)NCCCC[C@H](NC(=O)N[C@@H](CCC(=O)O)C(=O)O)C(=O)O. The monoisotopic (exact) mass is 873 g/mol. The van der Waals surface area contributed by atoms with Gasteiger partial charge in [-0.2, -0.15) is 0 Å². The minimum atomic E-state index is -1.53. The molecule has 0 saturated heterocycles. The summed E-state index contributed by atoms with van der Waals surface area (Å²) in [5.41, 5.74) is 0. The van der Waals surface area contributed by atoms with Gasteiger partial charge < -0.3 is 66.7 Å². The third-order valence-electron chi connectivity index (χ3n) is 9.64. The quantitative estimate of drug-likeness (QED) is 0.0369. The van der Waals surface area contributed by atoms with Crippen LogP contribution in [0, 0.1) is 11.8 Å². The number of urea groups is 1. The summed E-state index contributed by atoms with van der Waals surface area (Å²) in [7, 11) is 0. The first kappa shape index (κ1) is 53.9. The Bertz CT molecular complexity index is 1390. The van der Waals surface area contributed by atoms with Crippen LogP contribution in [0.15, 0.2) is 0 Å². The van der Waals surface area contributed by atoms with Gasteiger partial charge in [-0.1, -0.05) is 0 Å². The first-order chi connectivity index (χ1) is 29.1. The van der Waals surface area contributed by atoms with Crippen LogP contribution in [-0.2, 0) is 52.6 Å². The van der Waals surface area contributed by atoms with Crippen LogP contribution in [-0.4, -0.2) is 153 Å². The van der Waals surface area contributed by atoms with Crippen molar-refractivity contribution in [2.24, 2.45) is 11.8 Å². The fraction of sp³-hybridized carbons (Fsp3) is 0.769. The maximum atomic E-state index is 13.3. The molecule has 61 heavy (non-hydrogen) atoms. The molecule has 1 fully saturated rings. The molecule has 10 N–H and O–H groups in total. The number of ether oxygens (including phenoxy) is 3. The second-order valence-corrected chi connectivity index (χ2v) is 14.8. The number of carboxylic acid groups (broad SMARTS) is 3. The molecule has 1 aliphatic carbocycles. The zero-order valence-corrected chi connectivity index (χ0v) is 35.4. The summed E-state index contributed by atoms with van der Waals surface area (Å²) >= 11 is 0. The van der Waals surface area contributed by atoms with E-state index in [4.69, 9.17) is 19.3 Å². The summed E-state index contributed by atoms with van der Waals surface area (Å²) in [4.78, 5) is 107. The lowest BCUT2D eigenvalue weighted by atomic mass is 9.81. The maximum Gasteiger partial charge on any atom is 0.326 e. The molecule has 1 aliphatic rings. The number of amides is 7. The Morgan fingerprint density at radius 1 is 0.541 bits per heavy atom. The Hall–Kier alpha value is -5.09. The van der Waals surface area contributed by atoms with E-state index in [9.17, 15) is 53.4 Å². The molecule has 0 heterocycles. The van der Waals surface area contributed by atoms with E-state index in [0.717, 1.165) is 12.8 Å². The number of carboxylic acids is 3. The minimum absolute atomic E-state index is 0.0476. The molecule has 348 valence electrons. The van der Waals surface area contributed by atoms with Crippen LogP contribution in [0.4, 0.5) is 4.79 Å². The van der Waals surface area contributed by atoms with Crippen molar-refractivity contribution in [3.63, 3.8) is 0 Å². The summed E-state index contributed by atoms with van der Waals surface area (Å²) in [6, 6.07) is -4.84. The number of rotatable bonds is 34. The third-order valence-corrected chi connectivity index (χ3v) is 9.64. The first-order valence-electron chi connectivity index (χ1n) is 20.9. The zero-order valence-electron chi connectivity index (χ0n) is 35.4. The van der Waals surface area contributed by atoms with Gasteiger partial charge in [0.25, 0.3) is 0 Å². The van der Waals surface area contributed by atoms with Crippen LogP contribution >= 0.6 is 0 Å². The van der Waals surface area contributed by atoms with Crippen molar-refractivity contribution in [3.05, 3.63) is 0 Å². The molecule has 0 aromatic heterocycles. The number of hydrogen-bond acceptors (Lipinski definition) is 12. The van der Waals surface area contributed by atoms with E-state index in [1.54, 1.807) is 0 Å². The summed E-state index contributed by atoms with van der Waals surface area (Å²) < 4.78 is 16.2. The van der Waals surface area contributed by atoms with Gasteiger partial charge in [-0.25, -0.2) is 14.4 Å². The Morgan fingerprint density at radius 2 is 1.05 bits per heavy atom. The molecule has 0 bridgehead atoms. The van der Waals surface area contributed by atoms with Crippen LogP contribution in [0.5, 0.6) is 0 Å². The third kappa shape index (κ3) is 28.1. The Labute approximate surface area is 356 Å². The molecule has 0 aliphatic heterocycles. The van der Waals surface area contributed by atoms with Gasteiger partial charge in [0.2, 0.25) is 29.5 Å². The molecule has 0 aromatic carbocycles. The molecule has 7 amide bonds. The predicted octanol–water partition coefficient (Wildman–Crippen LogP) is -0.367. The largest absolute Gasteiger partial charge is 0.481 e. The van der Waals surface area contributed by atoms with E-state index in [1.807, 2.05) is 0 Å². The molecule has 0 spiro atoms. The smallest absolute Gasteiger partial charge is 0.326 e. The van der Waals surface area contributed by atoms with E-state index in [0.29, 0.717) is 91.2 Å². The summed E-state index contributed by atoms with van der Waals surface area (Å²) in [5.74, 6) is -5.30. The van der Waals surface area contributed by atoms with Crippen LogP contribution in [0.25, 0.3) is 0 Å². The average Bonchev–Trinajstić information content (AvgIpc) is 3.20. The second-order valence-electron chi connectivity index (χ2n) is 14.8. The van der Waals surface area contributed by atoms with Gasteiger partial charge in [-0.3, -0.25) is 28.8 Å². The topological polar surface area (TPSA) is 326 Å². The van der Waals surface area contributed by atoms with Gasteiger partial charge in [0.05, 0.1) is 39.6 Å². The average molecular weight is 874 g/mol. The number of carbonyl (C=O) groups is 9. The van der Waals surface area contributed by atoms with Gasteiger partial charge in [-0.05, 0) is 76.5 Å². The minimum Gasteiger partial charge on any atom is -0.481 e. The van der Waals surface area contributed by atoms with Crippen LogP contribution in [0.1, 0.15) is 97.3 Å². The van der Waals surface area contributed by atoms with Crippen molar-refractivity contribution in [1.29, 1.82) is 0 Å². The predicted molar refractivity (Wildman–Crippen MR) is 217 cm³/mol. The zero-order chi connectivity index (χ0) is 45.4. The number of carbonyl (C=O) groups excluding carboxylic acids is 6.